The van der Waals surface area contributed by atoms with E-state index >= 15 is 0 Å². The number of rotatable bonds is 12. The van der Waals surface area contributed by atoms with Gasteiger partial charge in [0, 0.05) is 16.6 Å². The van der Waals surface area contributed by atoms with Gasteiger partial charge in [0.1, 0.15) is 0 Å². The Hall–Kier alpha value is -2.64. The van der Waals surface area contributed by atoms with E-state index in [1.165, 1.54) is 0 Å². The number of ether oxygens (including phenoxy) is 2. The van der Waals surface area contributed by atoms with Crippen molar-refractivity contribution in [2.45, 2.75) is 86.5 Å². The predicted octanol–water partition coefficient (Wildman–Crippen LogP) is 5.41. The molecule has 4 aliphatic rings. The fourth-order valence-electron chi connectivity index (χ4n) is 9.15. The van der Waals surface area contributed by atoms with E-state index in [0.717, 1.165) is 6.42 Å². The number of hydrogen-bond acceptors (Lipinski definition) is 6. The Morgan fingerprint density at radius 3 is 1.29 bits per heavy atom. The van der Waals surface area contributed by atoms with E-state index in [4.69, 9.17) is 9.47 Å². The van der Waals surface area contributed by atoms with Crippen molar-refractivity contribution in [2.24, 2.45) is 38.9 Å². The number of carboxylic acids is 2. The van der Waals surface area contributed by atoms with Gasteiger partial charge in [-0.15, -0.1) is 0 Å². The minimum Gasteiger partial charge on any atom is -0.481 e. The van der Waals surface area contributed by atoms with E-state index in [0.29, 0.717) is 25.7 Å². The van der Waals surface area contributed by atoms with Crippen molar-refractivity contribution in [3.63, 3.8) is 0 Å². The van der Waals surface area contributed by atoms with Gasteiger partial charge in [-0.05, 0) is 81.5 Å². The van der Waals surface area contributed by atoms with Gasteiger partial charge in [-0.1, -0.05) is 40.9 Å². The second kappa shape index (κ2) is 9.83. The maximum Gasteiger partial charge on any atom is 0.333 e. The molecule has 4 saturated carbocycles. The Morgan fingerprint density at radius 1 is 0.711 bits per heavy atom. The van der Waals surface area contributed by atoms with Gasteiger partial charge < -0.3 is 19.7 Å². The lowest BCUT2D eigenvalue weighted by atomic mass is 9.26. The van der Waals surface area contributed by atoms with Crippen molar-refractivity contribution < 1.29 is 38.9 Å². The van der Waals surface area contributed by atoms with Gasteiger partial charge in [-0.25, -0.2) is 9.59 Å². The number of carboxylic acid groups (broad SMARTS) is 2. The Kier molecular flexibility index (Phi) is 7.74. The van der Waals surface area contributed by atoms with Crippen LogP contribution < -0.4 is 0 Å². The van der Waals surface area contributed by atoms with E-state index in [1.807, 2.05) is 27.7 Å². The summed E-state index contributed by atoms with van der Waals surface area (Å²) in [7, 11) is 0. The largest absolute Gasteiger partial charge is 0.481 e. The molecular formula is C30H44O8. The summed E-state index contributed by atoms with van der Waals surface area (Å²) in [6, 6.07) is 0. The quantitative estimate of drug-likeness (QED) is 0.252. The van der Waals surface area contributed by atoms with Crippen LogP contribution >= 0.6 is 0 Å². The molecular weight excluding hydrogens is 488 g/mol. The molecule has 2 atom stereocenters. The third kappa shape index (κ3) is 4.79. The zero-order valence-electron chi connectivity index (χ0n) is 23.8. The molecule has 0 aliphatic heterocycles. The van der Waals surface area contributed by atoms with Crippen LogP contribution in [0.1, 0.15) is 86.5 Å². The van der Waals surface area contributed by atoms with Crippen molar-refractivity contribution in [2.75, 3.05) is 13.2 Å². The average Bonchev–Trinajstić information content (AvgIpc) is 2.77. The topological polar surface area (TPSA) is 127 Å². The number of esters is 2. The molecule has 4 fully saturated rings. The second-order valence-corrected chi connectivity index (χ2v) is 13.7. The highest BCUT2D eigenvalue weighted by Crippen LogP contribution is 2.82. The zero-order chi connectivity index (χ0) is 28.9. The van der Waals surface area contributed by atoms with Crippen LogP contribution in [0.4, 0.5) is 0 Å². The molecule has 0 saturated heterocycles. The first-order valence-corrected chi connectivity index (χ1v) is 13.5. The lowest BCUT2D eigenvalue weighted by molar-refractivity contribution is -0.289. The Balaban J connectivity index is 2.12. The summed E-state index contributed by atoms with van der Waals surface area (Å²) >= 11 is 0. The van der Waals surface area contributed by atoms with Gasteiger partial charge in [0.2, 0.25) is 0 Å². The molecule has 2 N–H and O–H groups in total. The van der Waals surface area contributed by atoms with E-state index in [1.54, 1.807) is 13.8 Å². The van der Waals surface area contributed by atoms with Gasteiger partial charge >= 0.3 is 23.9 Å². The van der Waals surface area contributed by atoms with Crippen LogP contribution in [0.25, 0.3) is 0 Å². The molecule has 4 bridgehead atoms. The highest BCUT2D eigenvalue weighted by molar-refractivity contribution is 5.87. The monoisotopic (exact) mass is 532 g/mol. The number of carbonyl (C=O) groups excluding carboxylic acids is 2. The van der Waals surface area contributed by atoms with Crippen LogP contribution in [-0.4, -0.2) is 47.3 Å². The number of carbonyl (C=O) groups is 4. The smallest absolute Gasteiger partial charge is 0.333 e. The Bertz CT molecular complexity index is 958. The fourth-order valence-corrected chi connectivity index (χ4v) is 9.15. The van der Waals surface area contributed by atoms with Crippen LogP contribution in [-0.2, 0) is 28.7 Å². The van der Waals surface area contributed by atoms with Gasteiger partial charge in [0.05, 0.1) is 24.0 Å². The summed E-state index contributed by atoms with van der Waals surface area (Å²) in [6.45, 7) is 18.2. The first kappa shape index (κ1) is 29.9. The summed E-state index contributed by atoms with van der Waals surface area (Å²) < 4.78 is 10.9. The van der Waals surface area contributed by atoms with Gasteiger partial charge in [-0.3, -0.25) is 9.59 Å². The number of aliphatic carboxylic acids is 2. The molecule has 4 aliphatic carbocycles. The minimum absolute atomic E-state index is 0.0341. The number of hydrogen-bond donors (Lipinski definition) is 2. The summed E-state index contributed by atoms with van der Waals surface area (Å²) in [6.07, 6.45) is 2.93. The lowest BCUT2D eigenvalue weighted by Gasteiger charge is -2.76. The third-order valence-electron chi connectivity index (χ3n) is 9.51. The minimum atomic E-state index is -1.27. The highest BCUT2D eigenvalue weighted by Gasteiger charge is 2.81. The molecule has 8 nitrogen and oxygen atoms in total. The molecule has 2 unspecified atom stereocenters. The van der Waals surface area contributed by atoms with Crippen molar-refractivity contribution in [3.8, 4) is 0 Å². The summed E-state index contributed by atoms with van der Waals surface area (Å²) in [5, 5.41) is 21.9. The van der Waals surface area contributed by atoms with Crippen molar-refractivity contribution in [3.05, 3.63) is 24.3 Å². The van der Waals surface area contributed by atoms with Crippen LogP contribution in [0.2, 0.25) is 0 Å². The molecule has 4 rings (SSSR count). The zero-order valence-corrected chi connectivity index (χ0v) is 23.8. The van der Waals surface area contributed by atoms with Gasteiger partial charge in [0.25, 0.3) is 0 Å². The molecule has 212 valence electrons. The average molecular weight is 533 g/mol. The second-order valence-electron chi connectivity index (χ2n) is 13.7. The Morgan fingerprint density at radius 2 is 1.03 bits per heavy atom. The molecule has 0 aromatic rings. The normalized spacial score (nSPS) is 36.7. The predicted molar refractivity (Wildman–Crippen MR) is 141 cm³/mol. The SMILES string of the molecule is C=C(C)C(=O)OCC(C)CC1(CC(C)COC(=O)C(=C)C)C2(C(=O)O)CC3(C)CC(C)(C2)CC1(C(=O)O)C3. The molecule has 8 heteroatoms. The maximum atomic E-state index is 13.4. The van der Waals surface area contributed by atoms with Crippen LogP contribution in [0.5, 0.6) is 0 Å². The standard InChI is InChI=1S/C30H44O8/c1-18(2)22(31)37-11-20(5)9-30(10-21(6)12-38-23(32)19(3)4)28(24(33)34)14-26(7)13-27(8,16-28)17-29(30,15-26)25(35)36/h20-21H,1,3,9-17H2,2,4-8H3,(H,33,34)(H,35,36). The maximum absolute atomic E-state index is 13.4. The Labute approximate surface area is 225 Å². The van der Waals surface area contributed by atoms with E-state index < -0.39 is 51.0 Å². The fraction of sp³-hybridized carbons (Fsp3) is 0.733. The molecule has 0 spiro atoms. The molecule has 0 heterocycles. The molecule has 0 radical (unpaired) electrons. The molecule has 0 amide bonds. The molecule has 0 aromatic heterocycles. The van der Waals surface area contributed by atoms with E-state index in [2.05, 4.69) is 13.2 Å². The first-order valence-electron chi connectivity index (χ1n) is 13.5. The van der Waals surface area contributed by atoms with Gasteiger partial charge in [-0.2, -0.15) is 0 Å². The third-order valence-corrected chi connectivity index (χ3v) is 9.51. The molecule has 38 heavy (non-hydrogen) atoms. The van der Waals surface area contributed by atoms with E-state index in [-0.39, 0.29) is 49.0 Å². The highest BCUT2D eigenvalue weighted by atomic mass is 16.5. The van der Waals surface area contributed by atoms with Crippen molar-refractivity contribution in [1.82, 2.24) is 0 Å². The summed E-state index contributed by atoms with van der Waals surface area (Å²) in [5.74, 6) is -3.58. The van der Waals surface area contributed by atoms with Crippen molar-refractivity contribution >= 4 is 23.9 Å². The van der Waals surface area contributed by atoms with Crippen molar-refractivity contribution in [1.29, 1.82) is 0 Å². The first-order chi connectivity index (χ1) is 17.4. The molecule has 0 aromatic carbocycles. The van der Waals surface area contributed by atoms with E-state index in [9.17, 15) is 29.4 Å². The van der Waals surface area contributed by atoms with Crippen LogP contribution in [0.3, 0.4) is 0 Å². The lowest BCUT2D eigenvalue weighted by Crippen LogP contribution is -2.75. The van der Waals surface area contributed by atoms with Crippen LogP contribution in [0.15, 0.2) is 24.3 Å². The van der Waals surface area contributed by atoms with Crippen LogP contribution in [0, 0.1) is 38.9 Å². The van der Waals surface area contributed by atoms with Gasteiger partial charge in [0.15, 0.2) is 0 Å². The summed E-state index contributed by atoms with van der Waals surface area (Å²) in [4.78, 5) is 51.0. The summed E-state index contributed by atoms with van der Waals surface area (Å²) in [5.41, 5.74) is -3.97.